The van der Waals surface area contributed by atoms with Crippen LogP contribution in [0.1, 0.15) is 19.8 Å². The Hall–Kier alpha value is -0.570. The number of hydrogen-bond acceptors (Lipinski definition) is 2. The number of carbonyl (C=O) groups is 1. The fourth-order valence-electron chi connectivity index (χ4n) is 0.619. The van der Waals surface area contributed by atoms with Crippen molar-refractivity contribution in [1.29, 1.82) is 0 Å². The van der Waals surface area contributed by atoms with Crippen LogP contribution >= 0.6 is 0 Å². The van der Waals surface area contributed by atoms with Crippen molar-refractivity contribution >= 4 is 6.41 Å². The van der Waals surface area contributed by atoms with Crippen molar-refractivity contribution in [1.82, 2.24) is 5.32 Å². The van der Waals surface area contributed by atoms with E-state index in [0.717, 1.165) is 12.8 Å². The highest BCUT2D eigenvalue weighted by atomic mass is 16.3. The lowest BCUT2D eigenvalue weighted by Gasteiger charge is -2.05. The maximum absolute atomic E-state index is 9.69. The maximum Gasteiger partial charge on any atom is 0.207 e. The smallest absolute Gasteiger partial charge is 0.207 e. The van der Waals surface area contributed by atoms with Crippen molar-refractivity contribution in [3.05, 3.63) is 0 Å². The normalized spacial score (nSPS) is 12.7. The van der Waals surface area contributed by atoms with E-state index in [9.17, 15) is 4.79 Å². The van der Waals surface area contributed by atoms with E-state index in [0.29, 0.717) is 13.0 Å². The lowest BCUT2D eigenvalue weighted by Crippen LogP contribution is -2.25. The van der Waals surface area contributed by atoms with Gasteiger partial charge < -0.3 is 10.4 Å². The Balaban J connectivity index is 3.04. The summed E-state index contributed by atoms with van der Waals surface area (Å²) >= 11 is 0. The number of carbonyl (C=O) groups excluding carboxylic acids is 1. The second-order valence-electron chi connectivity index (χ2n) is 1.97. The molecule has 1 unspecified atom stereocenters. The highest BCUT2D eigenvalue weighted by Gasteiger charge is 1.98. The van der Waals surface area contributed by atoms with Crippen molar-refractivity contribution in [2.75, 3.05) is 6.54 Å². The summed E-state index contributed by atoms with van der Waals surface area (Å²) in [6.07, 6.45) is 1.92. The molecule has 0 saturated heterocycles. The van der Waals surface area contributed by atoms with Gasteiger partial charge in [0.2, 0.25) is 6.41 Å². The largest absolute Gasteiger partial charge is 0.391 e. The van der Waals surface area contributed by atoms with Gasteiger partial charge in [0, 0.05) is 6.54 Å². The van der Waals surface area contributed by atoms with Gasteiger partial charge in [-0.05, 0) is 6.42 Å². The van der Waals surface area contributed by atoms with E-state index < -0.39 is 0 Å². The summed E-state index contributed by atoms with van der Waals surface area (Å²) in [5, 5.41) is 11.4. The molecule has 0 aliphatic carbocycles. The van der Waals surface area contributed by atoms with Gasteiger partial charge in [-0.3, -0.25) is 4.79 Å². The van der Waals surface area contributed by atoms with E-state index in [1.807, 2.05) is 6.92 Å². The molecule has 0 fully saturated rings. The minimum Gasteiger partial charge on any atom is -0.391 e. The molecule has 9 heavy (non-hydrogen) atoms. The highest BCUT2D eigenvalue weighted by Crippen LogP contribution is 1.92. The lowest BCUT2D eigenvalue weighted by atomic mass is 10.2. The molecule has 0 aromatic heterocycles. The van der Waals surface area contributed by atoms with Crippen LogP contribution in [0.2, 0.25) is 0 Å². The van der Waals surface area contributed by atoms with Crippen LogP contribution in [0, 0.1) is 0 Å². The van der Waals surface area contributed by atoms with Gasteiger partial charge in [-0.1, -0.05) is 13.3 Å². The Morgan fingerprint density at radius 2 is 2.44 bits per heavy atom. The second-order valence-corrected chi connectivity index (χ2v) is 1.97. The molecular weight excluding hydrogens is 118 g/mol. The van der Waals surface area contributed by atoms with Crippen LogP contribution in [-0.4, -0.2) is 24.2 Å². The number of amides is 1. The lowest BCUT2D eigenvalue weighted by molar-refractivity contribution is -0.110. The fourth-order valence-corrected chi connectivity index (χ4v) is 0.619. The van der Waals surface area contributed by atoms with Gasteiger partial charge in [0.25, 0.3) is 0 Å². The molecule has 0 bridgehead atoms. The van der Waals surface area contributed by atoms with Crippen molar-refractivity contribution in [3.8, 4) is 0 Å². The number of rotatable bonds is 5. The van der Waals surface area contributed by atoms with E-state index in [4.69, 9.17) is 5.11 Å². The standard InChI is InChI=1S/C6H13NO2/c1-2-3-6(9)4-7-5-8/h5-6,9H,2-4H2,1H3,(H,7,8). The van der Waals surface area contributed by atoms with Gasteiger partial charge >= 0.3 is 0 Å². The first-order valence-electron chi connectivity index (χ1n) is 3.16. The monoisotopic (exact) mass is 131 g/mol. The van der Waals surface area contributed by atoms with Crippen LogP contribution in [0.3, 0.4) is 0 Å². The Kier molecular flexibility index (Phi) is 5.21. The molecule has 0 aliphatic rings. The van der Waals surface area contributed by atoms with E-state index >= 15 is 0 Å². The van der Waals surface area contributed by atoms with Crippen molar-refractivity contribution in [3.63, 3.8) is 0 Å². The summed E-state index contributed by atoms with van der Waals surface area (Å²) in [7, 11) is 0. The maximum atomic E-state index is 9.69. The van der Waals surface area contributed by atoms with Crippen LogP contribution in [0.25, 0.3) is 0 Å². The molecule has 0 radical (unpaired) electrons. The SMILES string of the molecule is CCCC(O)CNC=O. The fraction of sp³-hybridized carbons (Fsp3) is 0.833. The number of hydrogen-bond donors (Lipinski definition) is 2. The average Bonchev–Trinajstić information content (AvgIpc) is 1.85. The minimum atomic E-state index is -0.375. The second kappa shape index (κ2) is 5.56. The Morgan fingerprint density at radius 3 is 2.89 bits per heavy atom. The zero-order valence-electron chi connectivity index (χ0n) is 5.63. The molecule has 3 heteroatoms. The van der Waals surface area contributed by atoms with E-state index in [1.54, 1.807) is 0 Å². The summed E-state index contributed by atoms with van der Waals surface area (Å²) in [6, 6.07) is 0. The van der Waals surface area contributed by atoms with Gasteiger partial charge in [0.1, 0.15) is 0 Å². The summed E-state index contributed by atoms with van der Waals surface area (Å²) in [5.41, 5.74) is 0. The van der Waals surface area contributed by atoms with Gasteiger partial charge in [-0.15, -0.1) is 0 Å². The van der Waals surface area contributed by atoms with Gasteiger partial charge in [0.05, 0.1) is 6.10 Å². The zero-order chi connectivity index (χ0) is 7.11. The number of aliphatic hydroxyl groups is 1. The van der Waals surface area contributed by atoms with Crippen LogP contribution in [0.5, 0.6) is 0 Å². The third-order valence-electron chi connectivity index (χ3n) is 1.06. The Bertz CT molecular complexity index is 75.5. The van der Waals surface area contributed by atoms with E-state index in [2.05, 4.69) is 5.32 Å². The Labute approximate surface area is 55.1 Å². The predicted molar refractivity (Wildman–Crippen MR) is 35.0 cm³/mol. The topological polar surface area (TPSA) is 49.3 Å². The molecule has 0 aromatic rings. The molecule has 0 heterocycles. The third-order valence-corrected chi connectivity index (χ3v) is 1.06. The molecule has 0 spiro atoms. The third kappa shape index (κ3) is 5.30. The molecule has 1 atom stereocenters. The van der Waals surface area contributed by atoms with Gasteiger partial charge in [-0.25, -0.2) is 0 Å². The molecule has 0 aromatic carbocycles. The highest BCUT2D eigenvalue weighted by molar-refractivity contribution is 5.45. The van der Waals surface area contributed by atoms with E-state index in [1.165, 1.54) is 0 Å². The summed E-state index contributed by atoms with van der Waals surface area (Å²) in [4.78, 5) is 9.69. The van der Waals surface area contributed by atoms with Gasteiger partial charge in [-0.2, -0.15) is 0 Å². The number of nitrogens with one attached hydrogen (secondary N) is 1. The first kappa shape index (κ1) is 8.43. The van der Waals surface area contributed by atoms with Crippen LogP contribution in [-0.2, 0) is 4.79 Å². The first-order chi connectivity index (χ1) is 4.31. The van der Waals surface area contributed by atoms with E-state index in [-0.39, 0.29) is 6.10 Å². The molecule has 0 rings (SSSR count). The molecule has 0 saturated carbocycles. The van der Waals surface area contributed by atoms with Crippen LogP contribution in [0.15, 0.2) is 0 Å². The molecular formula is C6H13NO2. The summed E-state index contributed by atoms with van der Waals surface area (Å²) < 4.78 is 0. The molecule has 0 aliphatic heterocycles. The molecule has 3 nitrogen and oxygen atoms in total. The minimum absolute atomic E-state index is 0.372. The quantitative estimate of drug-likeness (QED) is 0.511. The van der Waals surface area contributed by atoms with Gasteiger partial charge in [0.15, 0.2) is 0 Å². The summed E-state index contributed by atoms with van der Waals surface area (Å²) in [5.74, 6) is 0. The first-order valence-corrected chi connectivity index (χ1v) is 3.16. The Morgan fingerprint density at radius 1 is 1.78 bits per heavy atom. The average molecular weight is 131 g/mol. The summed E-state index contributed by atoms with van der Waals surface area (Å²) in [6.45, 7) is 2.36. The zero-order valence-corrected chi connectivity index (χ0v) is 5.63. The van der Waals surface area contributed by atoms with Crippen LogP contribution < -0.4 is 5.32 Å². The molecule has 2 N–H and O–H groups in total. The van der Waals surface area contributed by atoms with Crippen molar-refractivity contribution < 1.29 is 9.90 Å². The van der Waals surface area contributed by atoms with Crippen molar-refractivity contribution in [2.24, 2.45) is 0 Å². The predicted octanol–water partition coefficient (Wildman–Crippen LogP) is -0.107. The van der Waals surface area contributed by atoms with Crippen LogP contribution in [0.4, 0.5) is 0 Å². The number of aliphatic hydroxyl groups excluding tert-OH is 1. The molecule has 1 amide bonds. The van der Waals surface area contributed by atoms with Crippen molar-refractivity contribution in [2.45, 2.75) is 25.9 Å². The molecule has 54 valence electrons.